The summed E-state index contributed by atoms with van der Waals surface area (Å²) in [6.07, 6.45) is 10.9. The van der Waals surface area contributed by atoms with Crippen LogP contribution in [-0.2, 0) is 66.8 Å². The van der Waals surface area contributed by atoms with Crippen molar-refractivity contribution in [2.45, 2.75) is 103 Å². The molecule has 420 valence electrons. The molecule has 5 rings (SSSR count). The highest BCUT2D eigenvalue weighted by Crippen LogP contribution is 2.36. The van der Waals surface area contributed by atoms with Crippen LogP contribution in [0, 0.1) is 35.5 Å². The van der Waals surface area contributed by atoms with Crippen molar-refractivity contribution < 1.29 is 95.3 Å². The van der Waals surface area contributed by atoms with Crippen molar-refractivity contribution in [3.05, 3.63) is 98.1 Å². The van der Waals surface area contributed by atoms with Gasteiger partial charge in [-0.2, -0.15) is 0 Å². The molecule has 0 aromatic heterocycles. The van der Waals surface area contributed by atoms with Gasteiger partial charge in [0.05, 0.1) is 61.9 Å². The van der Waals surface area contributed by atoms with Crippen molar-refractivity contribution in [1.29, 1.82) is 0 Å². The SMILES string of the molecule is C=CCOC(=O)c1cc(OC(=O)C2CCC(C(=O)Oc3ccc(OC(=O)C4CCC(C(=O)OCCCCOC(=O)C=C)CC4)c(C(=O)OCC=C)c3)CC2)ccc1OC(=O)C1CCC(C(=O)OCCCCOC(=O)C=C)CC1. The van der Waals surface area contributed by atoms with Gasteiger partial charge in [-0.25, -0.2) is 19.2 Å². The Balaban J connectivity index is 1.09. The molecule has 0 unspecified atom stereocenters. The molecule has 0 spiro atoms. The van der Waals surface area contributed by atoms with Gasteiger partial charge in [-0.1, -0.05) is 38.5 Å². The van der Waals surface area contributed by atoms with Crippen LogP contribution in [0.5, 0.6) is 23.0 Å². The standard InChI is InChI=1S/C58H68O20/c1-5-29-71-57(67)45-35-43(25-27-47(45)77-55(65)41-17-13-37(14-18-41)51(61)73-33-11-9-31-69-49(59)7-3)75-53(63)39-21-23-40(24-22-39)54(64)76-44-26-28-48(46(36-44)58(68)72-30-6-2)78-56(66)42-19-15-38(16-20-42)52(62)74-34-12-10-32-70-50(60)8-4/h5-8,25-28,35-42H,1-4,9-24,29-34H2. The summed E-state index contributed by atoms with van der Waals surface area (Å²) < 4.78 is 53.8. The Hall–Kier alpha value is -7.90. The molecule has 20 nitrogen and oxygen atoms in total. The van der Waals surface area contributed by atoms with Gasteiger partial charge in [0.2, 0.25) is 0 Å². The Kier molecular flexibility index (Phi) is 25.0. The summed E-state index contributed by atoms with van der Waals surface area (Å²) in [4.78, 5) is 128. The lowest BCUT2D eigenvalue weighted by Crippen LogP contribution is -2.30. The summed E-state index contributed by atoms with van der Waals surface area (Å²) in [5.41, 5.74) is -0.339. The fourth-order valence-corrected chi connectivity index (χ4v) is 9.00. The van der Waals surface area contributed by atoms with Gasteiger partial charge in [0.25, 0.3) is 0 Å². The van der Waals surface area contributed by atoms with E-state index >= 15 is 0 Å². The second kappa shape index (κ2) is 32.0. The van der Waals surface area contributed by atoms with Crippen LogP contribution in [0.1, 0.15) is 123 Å². The van der Waals surface area contributed by atoms with Crippen molar-refractivity contribution in [2.75, 3.05) is 39.6 Å². The first-order chi connectivity index (χ1) is 37.6. The zero-order valence-corrected chi connectivity index (χ0v) is 43.8. The number of esters is 10. The third-order valence-electron chi connectivity index (χ3n) is 13.4. The smallest absolute Gasteiger partial charge is 0.342 e. The molecule has 20 heteroatoms. The van der Waals surface area contributed by atoms with Crippen LogP contribution >= 0.6 is 0 Å². The monoisotopic (exact) mass is 1080 g/mol. The molecule has 0 saturated heterocycles. The summed E-state index contributed by atoms with van der Waals surface area (Å²) in [6, 6.07) is 7.90. The van der Waals surface area contributed by atoms with Gasteiger partial charge >= 0.3 is 59.7 Å². The Bertz CT molecular complexity index is 2330. The molecule has 0 atom stereocenters. The van der Waals surface area contributed by atoms with E-state index in [1.807, 2.05) is 0 Å². The van der Waals surface area contributed by atoms with Crippen molar-refractivity contribution in [1.82, 2.24) is 0 Å². The van der Waals surface area contributed by atoms with Crippen LogP contribution < -0.4 is 18.9 Å². The van der Waals surface area contributed by atoms with E-state index in [0.717, 1.165) is 12.2 Å². The van der Waals surface area contributed by atoms with E-state index in [9.17, 15) is 47.9 Å². The average molecular weight is 1090 g/mol. The zero-order chi connectivity index (χ0) is 56.4. The molecular weight excluding hydrogens is 1020 g/mol. The number of carbonyl (C=O) groups excluding carboxylic acids is 10. The Morgan fingerprint density at radius 2 is 0.654 bits per heavy atom. The van der Waals surface area contributed by atoms with E-state index in [2.05, 4.69) is 26.3 Å². The first-order valence-electron chi connectivity index (χ1n) is 26.3. The summed E-state index contributed by atoms with van der Waals surface area (Å²) in [7, 11) is 0. The van der Waals surface area contributed by atoms with Gasteiger partial charge in [0.15, 0.2) is 0 Å². The summed E-state index contributed by atoms with van der Waals surface area (Å²) in [5, 5.41) is 0. The van der Waals surface area contributed by atoms with E-state index in [-0.39, 0.29) is 111 Å². The van der Waals surface area contributed by atoms with Crippen LogP contribution in [0.15, 0.2) is 87.0 Å². The van der Waals surface area contributed by atoms with E-state index in [4.69, 9.17) is 47.4 Å². The summed E-state index contributed by atoms with van der Waals surface area (Å²) >= 11 is 0. The highest BCUT2D eigenvalue weighted by molar-refractivity contribution is 5.95. The molecule has 0 aliphatic heterocycles. The number of hydrogen-bond acceptors (Lipinski definition) is 20. The zero-order valence-electron chi connectivity index (χ0n) is 43.8. The third kappa shape index (κ3) is 19.3. The first kappa shape index (κ1) is 61.0. The van der Waals surface area contributed by atoms with E-state index in [1.54, 1.807) is 0 Å². The van der Waals surface area contributed by atoms with E-state index in [1.165, 1.54) is 48.6 Å². The van der Waals surface area contributed by atoms with Crippen LogP contribution in [-0.4, -0.2) is 99.3 Å². The first-order valence-corrected chi connectivity index (χ1v) is 26.3. The topological polar surface area (TPSA) is 263 Å². The molecule has 0 amide bonds. The Morgan fingerprint density at radius 3 is 0.949 bits per heavy atom. The lowest BCUT2D eigenvalue weighted by Gasteiger charge is -2.26. The van der Waals surface area contributed by atoms with Gasteiger partial charge in [-0.05, 0) is 139 Å². The average Bonchev–Trinajstić information content (AvgIpc) is 3.47. The van der Waals surface area contributed by atoms with Crippen molar-refractivity contribution >= 4 is 59.7 Å². The highest BCUT2D eigenvalue weighted by atomic mass is 16.6. The maximum atomic E-state index is 13.5. The van der Waals surface area contributed by atoms with Crippen molar-refractivity contribution in [3.63, 3.8) is 0 Å². The van der Waals surface area contributed by atoms with Crippen molar-refractivity contribution in [2.24, 2.45) is 35.5 Å². The molecule has 3 aliphatic carbocycles. The maximum Gasteiger partial charge on any atom is 0.342 e. The Morgan fingerprint density at radius 1 is 0.372 bits per heavy atom. The molecule has 0 bridgehead atoms. The second-order valence-corrected chi connectivity index (χ2v) is 18.9. The second-order valence-electron chi connectivity index (χ2n) is 18.9. The summed E-state index contributed by atoms with van der Waals surface area (Å²) in [6.45, 7) is 14.2. The molecule has 0 radical (unpaired) electrons. The fraction of sp³-hybridized carbons (Fsp3) is 0.483. The van der Waals surface area contributed by atoms with Gasteiger partial charge in [-0.3, -0.25) is 28.8 Å². The molecule has 0 heterocycles. The van der Waals surface area contributed by atoms with E-state index < -0.39 is 83.3 Å². The number of carbonyl (C=O) groups is 10. The molecule has 3 aliphatic rings. The molecular formula is C58H68O20. The maximum absolute atomic E-state index is 13.5. The lowest BCUT2D eigenvalue weighted by molar-refractivity contribution is -0.152. The van der Waals surface area contributed by atoms with Gasteiger partial charge in [-0.15, -0.1) is 0 Å². The number of ether oxygens (including phenoxy) is 10. The number of unbranched alkanes of at least 4 members (excludes halogenated alkanes) is 2. The molecule has 3 saturated carbocycles. The minimum atomic E-state index is -0.858. The molecule has 78 heavy (non-hydrogen) atoms. The quantitative estimate of drug-likeness (QED) is 0.0194. The largest absolute Gasteiger partial charge is 0.465 e. The summed E-state index contributed by atoms with van der Waals surface area (Å²) in [5.74, 6) is -9.34. The molecule has 3 fully saturated rings. The highest BCUT2D eigenvalue weighted by Gasteiger charge is 2.36. The molecule has 0 N–H and O–H groups in total. The fourth-order valence-electron chi connectivity index (χ4n) is 9.00. The van der Waals surface area contributed by atoms with E-state index in [0.29, 0.717) is 77.0 Å². The van der Waals surface area contributed by atoms with Gasteiger partial charge in [0.1, 0.15) is 47.3 Å². The third-order valence-corrected chi connectivity index (χ3v) is 13.4. The normalized spacial score (nSPS) is 19.6. The van der Waals surface area contributed by atoms with Crippen LogP contribution in [0.3, 0.4) is 0 Å². The van der Waals surface area contributed by atoms with Gasteiger partial charge in [0, 0.05) is 12.2 Å². The predicted octanol–water partition coefficient (Wildman–Crippen LogP) is 8.22. The Labute approximate surface area is 452 Å². The van der Waals surface area contributed by atoms with Crippen LogP contribution in [0.25, 0.3) is 0 Å². The van der Waals surface area contributed by atoms with Gasteiger partial charge < -0.3 is 47.4 Å². The molecule has 2 aromatic carbocycles. The van der Waals surface area contributed by atoms with Crippen LogP contribution in [0.2, 0.25) is 0 Å². The number of rotatable bonds is 28. The number of hydrogen-bond donors (Lipinski definition) is 0. The lowest BCUT2D eigenvalue weighted by atomic mass is 9.82. The minimum absolute atomic E-state index is 0.0132. The molecule has 2 aromatic rings. The van der Waals surface area contributed by atoms with Crippen LogP contribution in [0.4, 0.5) is 0 Å². The number of benzene rings is 2. The minimum Gasteiger partial charge on any atom is -0.465 e. The predicted molar refractivity (Wildman–Crippen MR) is 275 cm³/mol. The van der Waals surface area contributed by atoms with Crippen molar-refractivity contribution in [3.8, 4) is 23.0 Å².